The second-order valence-corrected chi connectivity index (χ2v) is 15.1. The van der Waals surface area contributed by atoms with Gasteiger partial charge in [0.1, 0.15) is 11.2 Å². The van der Waals surface area contributed by atoms with Gasteiger partial charge in [-0.2, -0.15) is 0 Å². The fourth-order valence-electron chi connectivity index (χ4n) is 9.25. The fraction of sp³-hybridized carbons (Fsp3) is 0.0588. The van der Waals surface area contributed by atoms with Gasteiger partial charge in [-0.3, -0.25) is 16.0 Å². The monoisotopic (exact) mass is 735 g/mol. The molecule has 6 nitrogen and oxygen atoms in total. The maximum absolute atomic E-state index is 6.49. The van der Waals surface area contributed by atoms with Gasteiger partial charge >= 0.3 is 0 Å². The number of hydrogen-bond donors (Lipinski definition) is 3. The Morgan fingerprint density at radius 2 is 0.825 bits per heavy atom. The molecule has 272 valence electrons. The molecule has 1 saturated heterocycles. The number of nitrogens with zero attached hydrogens (tertiary/aromatic N) is 2. The smallest absolute Gasteiger partial charge is 0.136 e. The number of aromatic nitrogens is 2. The molecular weight excluding hydrogens is 699 g/mol. The van der Waals surface area contributed by atoms with Gasteiger partial charge in [0.25, 0.3) is 0 Å². The van der Waals surface area contributed by atoms with E-state index >= 15 is 0 Å². The Balaban J connectivity index is 1.03. The van der Waals surface area contributed by atoms with Crippen molar-refractivity contribution in [2.75, 3.05) is 0 Å². The van der Waals surface area contributed by atoms with E-state index in [0.717, 1.165) is 38.8 Å². The Kier molecular flexibility index (Phi) is 7.25. The molecule has 0 amide bonds. The van der Waals surface area contributed by atoms with E-state index in [2.05, 4.69) is 207 Å². The van der Waals surface area contributed by atoms with E-state index in [-0.39, 0.29) is 18.5 Å². The third kappa shape index (κ3) is 5.09. The van der Waals surface area contributed by atoms with Crippen molar-refractivity contribution in [3.63, 3.8) is 0 Å². The lowest BCUT2D eigenvalue weighted by atomic mass is 10.0. The molecule has 0 radical (unpaired) electrons. The van der Waals surface area contributed by atoms with Crippen molar-refractivity contribution in [3.05, 3.63) is 205 Å². The molecule has 4 heterocycles. The second-order valence-electron chi connectivity index (χ2n) is 15.1. The van der Waals surface area contributed by atoms with Gasteiger partial charge in [-0.25, -0.2) is 0 Å². The standard InChI is InChI=1S/C51H37N5O/c1-4-14-32(15-5-1)49-52-50(33-16-6-2-7-17-33)54-51(53-49)34-24-26-36(27-25-34)55-41-22-12-10-21-38(41)47-42(55)28-29-43-48(47)40-31-46-39(37-20-11-13-23-45(37)57-46)30-44(40)56(43)35-18-8-3-9-19-35/h1-31,49-54H. The van der Waals surface area contributed by atoms with Gasteiger partial charge in [0.05, 0.1) is 40.6 Å². The lowest BCUT2D eigenvalue weighted by molar-refractivity contribution is 0.203. The summed E-state index contributed by atoms with van der Waals surface area (Å²) in [5.41, 5.74) is 12.3. The van der Waals surface area contributed by atoms with E-state index < -0.39 is 0 Å². The molecule has 2 atom stereocenters. The zero-order valence-corrected chi connectivity index (χ0v) is 30.9. The molecule has 3 N–H and O–H groups in total. The van der Waals surface area contributed by atoms with Crippen LogP contribution in [0, 0.1) is 0 Å². The molecular formula is C51H37N5O. The molecule has 2 unspecified atom stereocenters. The number of hydrogen-bond acceptors (Lipinski definition) is 4. The highest BCUT2D eigenvalue weighted by atomic mass is 16.3. The van der Waals surface area contributed by atoms with E-state index in [1.165, 1.54) is 54.8 Å². The van der Waals surface area contributed by atoms with Crippen LogP contribution in [0.15, 0.2) is 192 Å². The molecule has 0 bridgehead atoms. The Bertz CT molecular complexity index is 3230. The summed E-state index contributed by atoms with van der Waals surface area (Å²) < 4.78 is 11.3. The molecule has 12 rings (SSSR count). The lowest BCUT2D eigenvalue weighted by Crippen LogP contribution is -2.54. The summed E-state index contributed by atoms with van der Waals surface area (Å²) >= 11 is 0. The Morgan fingerprint density at radius 1 is 0.333 bits per heavy atom. The van der Waals surface area contributed by atoms with Gasteiger partial charge in [-0.15, -0.1) is 0 Å². The summed E-state index contributed by atoms with van der Waals surface area (Å²) in [7, 11) is 0. The van der Waals surface area contributed by atoms with Crippen molar-refractivity contribution in [1.29, 1.82) is 0 Å². The fourth-order valence-corrected chi connectivity index (χ4v) is 9.25. The average Bonchev–Trinajstić information content (AvgIpc) is 3.93. The predicted molar refractivity (Wildman–Crippen MR) is 233 cm³/mol. The highest BCUT2D eigenvalue weighted by Crippen LogP contribution is 2.44. The minimum atomic E-state index is -0.0762. The van der Waals surface area contributed by atoms with Crippen LogP contribution in [0.4, 0.5) is 0 Å². The zero-order valence-electron chi connectivity index (χ0n) is 30.9. The van der Waals surface area contributed by atoms with Crippen molar-refractivity contribution in [2.24, 2.45) is 0 Å². The summed E-state index contributed by atoms with van der Waals surface area (Å²) in [6.45, 7) is 0. The van der Waals surface area contributed by atoms with Crippen LogP contribution in [0.3, 0.4) is 0 Å². The van der Waals surface area contributed by atoms with E-state index in [1.54, 1.807) is 0 Å². The number of furan rings is 1. The van der Waals surface area contributed by atoms with Crippen molar-refractivity contribution in [3.8, 4) is 11.4 Å². The van der Waals surface area contributed by atoms with Gasteiger partial charge in [0.2, 0.25) is 0 Å². The van der Waals surface area contributed by atoms with Crippen LogP contribution in [0.5, 0.6) is 0 Å². The van der Waals surface area contributed by atoms with Crippen LogP contribution in [0.2, 0.25) is 0 Å². The van der Waals surface area contributed by atoms with Crippen LogP contribution in [-0.2, 0) is 0 Å². The molecule has 11 aromatic rings. The SMILES string of the molecule is c1ccc(C2NC(c3ccccc3)NC(c3ccc(-n4c5ccccc5c5c6c7cc8oc9ccccc9c8cc7n(-c7ccccc7)c6ccc54)cc3)N2)cc1. The Labute approximate surface area is 328 Å². The summed E-state index contributed by atoms with van der Waals surface area (Å²) in [5.74, 6) is 0. The van der Waals surface area contributed by atoms with Gasteiger partial charge in [-0.1, -0.05) is 127 Å². The molecule has 3 aromatic heterocycles. The minimum absolute atomic E-state index is 0.0270. The maximum Gasteiger partial charge on any atom is 0.136 e. The molecule has 1 aliphatic rings. The molecule has 8 aromatic carbocycles. The van der Waals surface area contributed by atoms with Gasteiger partial charge in [0.15, 0.2) is 0 Å². The molecule has 1 fully saturated rings. The number of benzene rings is 8. The number of nitrogens with one attached hydrogen (secondary N) is 3. The normalized spacial score (nSPS) is 17.4. The topological polar surface area (TPSA) is 59.1 Å². The van der Waals surface area contributed by atoms with E-state index in [0.29, 0.717) is 0 Å². The molecule has 0 saturated carbocycles. The highest BCUT2D eigenvalue weighted by molar-refractivity contribution is 6.30. The molecule has 1 aliphatic heterocycles. The summed E-state index contributed by atoms with van der Waals surface area (Å²) in [6.07, 6.45) is -0.130. The average molecular weight is 736 g/mol. The molecule has 57 heavy (non-hydrogen) atoms. The van der Waals surface area contributed by atoms with E-state index in [9.17, 15) is 0 Å². The third-order valence-electron chi connectivity index (χ3n) is 11.8. The minimum Gasteiger partial charge on any atom is -0.456 e. The van der Waals surface area contributed by atoms with Gasteiger partial charge in [0, 0.05) is 43.7 Å². The number of para-hydroxylation sites is 3. The molecule has 0 aliphatic carbocycles. The largest absolute Gasteiger partial charge is 0.456 e. The van der Waals surface area contributed by atoms with Crippen LogP contribution in [0.1, 0.15) is 35.2 Å². The van der Waals surface area contributed by atoms with Crippen molar-refractivity contribution >= 4 is 65.6 Å². The first kappa shape index (κ1) is 32.3. The maximum atomic E-state index is 6.49. The second kappa shape index (κ2) is 12.8. The summed E-state index contributed by atoms with van der Waals surface area (Å²) in [6, 6.07) is 67.3. The van der Waals surface area contributed by atoms with Crippen molar-refractivity contribution in [2.45, 2.75) is 18.5 Å². The summed E-state index contributed by atoms with van der Waals surface area (Å²) in [5, 5.41) is 18.6. The number of rotatable bonds is 5. The molecule has 0 spiro atoms. The first-order chi connectivity index (χ1) is 28.3. The number of fused-ring (bicyclic) bond motifs is 10. The van der Waals surface area contributed by atoms with E-state index in [4.69, 9.17) is 4.42 Å². The van der Waals surface area contributed by atoms with Crippen molar-refractivity contribution in [1.82, 2.24) is 25.1 Å². The van der Waals surface area contributed by atoms with Gasteiger partial charge < -0.3 is 13.6 Å². The first-order valence-electron chi connectivity index (χ1n) is 19.6. The van der Waals surface area contributed by atoms with Crippen LogP contribution in [-0.4, -0.2) is 9.13 Å². The Morgan fingerprint density at radius 3 is 1.47 bits per heavy atom. The van der Waals surface area contributed by atoms with Crippen LogP contribution in [0.25, 0.3) is 76.9 Å². The zero-order chi connectivity index (χ0) is 37.5. The van der Waals surface area contributed by atoms with Crippen LogP contribution >= 0.6 is 0 Å². The van der Waals surface area contributed by atoms with Crippen LogP contribution < -0.4 is 16.0 Å². The van der Waals surface area contributed by atoms with E-state index in [1.807, 2.05) is 6.07 Å². The summed E-state index contributed by atoms with van der Waals surface area (Å²) in [4.78, 5) is 0. The van der Waals surface area contributed by atoms with Crippen molar-refractivity contribution < 1.29 is 4.42 Å². The van der Waals surface area contributed by atoms with Gasteiger partial charge in [-0.05, 0) is 77.4 Å². The Hall–Kier alpha value is -6.96. The molecule has 6 heteroatoms. The lowest BCUT2D eigenvalue weighted by Gasteiger charge is -2.39. The highest BCUT2D eigenvalue weighted by Gasteiger charge is 2.30. The third-order valence-corrected chi connectivity index (χ3v) is 11.8. The quantitative estimate of drug-likeness (QED) is 0.165. The predicted octanol–water partition coefficient (Wildman–Crippen LogP) is 12.0. The first-order valence-corrected chi connectivity index (χ1v) is 19.6.